The Bertz CT molecular complexity index is 1480. The Hall–Kier alpha value is -4.66. The molecule has 0 fully saturated rings. The standard InChI is InChI=1S/C28H35N9O5/c1-33(2)14-8-11-25(38)23-15-20(18-34(23)3)31-27(40)24-16-19(17-35(24)4)30-26(39)12-7-13-29-28-32-37(42)22-10-6-5-9-21(22)36(28)41/h5-6,9-10,15-18H,7-8,11-14H2,1-4H3,(H,29,32)(H,30,39)(H,31,40)/q-2. The summed E-state index contributed by atoms with van der Waals surface area (Å²) in [4.78, 5) is 44.2. The second-order valence-electron chi connectivity index (χ2n) is 10.3. The average molecular weight is 578 g/mol. The largest absolute Gasteiger partial charge is 0.752 e. The van der Waals surface area contributed by atoms with E-state index in [0.29, 0.717) is 45.8 Å². The molecular weight excluding hydrogens is 542 g/mol. The number of fused-ring (bicyclic) bond motifs is 1. The first-order valence-electron chi connectivity index (χ1n) is 13.5. The number of rotatable bonds is 12. The van der Waals surface area contributed by atoms with Crippen molar-refractivity contribution in [2.45, 2.75) is 25.7 Å². The summed E-state index contributed by atoms with van der Waals surface area (Å²) in [6, 6.07) is 9.57. The number of carbonyl (C=O) groups excluding carboxylic acids is 3. The summed E-state index contributed by atoms with van der Waals surface area (Å²) in [5.41, 5.74) is 4.55. The number of anilines is 4. The Balaban J connectivity index is 1.27. The fraction of sp³-hybridized carbons (Fsp3) is 0.357. The number of guanidine groups is 1. The Kier molecular flexibility index (Phi) is 9.62. The fourth-order valence-electron chi connectivity index (χ4n) is 4.51. The van der Waals surface area contributed by atoms with Crippen LogP contribution in [0.3, 0.4) is 0 Å². The number of hydroxylamine groups is 1. The van der Waals surface area contributed by atoms with Gasteiger partial charge in [-0.1, -0.05) is 12.1 Å². The smallest absolute Gasteiger partial charge is 0.272 e. The molecule has 2 amide bonds. The minimum atomic E-state index is -0.387. The van der Waals surface area contributed by atoms with Crippen LogP contribution in [-0.2, 0) is 18.9 Å². The molecule has 4 rings (SSSR count). The molecule has 1 aliphatic rings. The van der Waals surface area contributed by atoms with E-state index >= 15 is 0 Å². The Labute approximate surface area is 243 Å². The van der Waals surface area contributed by atoms with Crippen LogP contribution in [0, 0.1) is 10.4 Å². The number of aryl methyl sites for hydroxylation is 2. The predicted octanol–water partition coefficient (Wildman–Crippen LogP) is 3.04. The van der Waals surface area contributed by atoms with Gasteiger partial charge in [0.2, 0.25) is 11.9 Å². The SMILES string of the molecule is CN(C)CCCC(=O)c1cc(NC(=O)c2cc(NC(=O)CCCN=C3NN([O-])c4ccccc4N3[O-])cn2C)cn1C. The van der Waals surface area contributed by atoms with Crippen LogP contribution in [0.15, 0.2) is 53.8 Å². The number of carbonyl (C=O) groups is 3. The van der Waals surface area contributed by atoms with Gasteiger partial charge in [-0.2, -0.15) is 0 Å². The quantitative estimate of drug-likeness (QED) is 0.217. The summed E-state index contributed by atoms with van der Waals surface area (Å²) in [6.07, 6.45) is 4.91. The molecule has 1 aromatic carbocycles. The van der Waals surface area contributed by atoms with Gasteiger partial charge in [0.1, 0.15) is 5.69 Å². The molecule has 1 aliphatic heterocycles. The molecule has 0 unspecified atom stereocenters. The average Bonchev–Trinajstić information content (AvgIpc) is 3.49. The number of para-hydroxylation sites is 2. The van der Waals surface area contributed by atoms with Gasteiger partial charge in [-0.25, -0.2) is 0 Å². The van der Waals surface area contributed by atoms with Crippen molar-refractivity contribution in [1.29, 1.82) is 0 Å². The third kappa shape index (κ3) is 7.34. The molecule has 0 radical (unpaired) electrons. The molecule has 0 aliphatic carbocycles. The van der Waals surface area contributed by atoms with E-state index in [0.717, 1.165) is 13.0 Å². The molecule has 14 heteroatoms. The number of hydrogen-bond donors (Lipinski definition) is 3. The van der Waals surface area contributed by atoms with Gasteiger partial charge in [-0.3, -0.25) is 24.8 Å². The maximum Gasteiger partial charge on any atom is 0.272 e. The van der Waals surface area contributed by atoms with Crippen LogP contribution in [0.2, 0.25) is 0 Å². The first kappa shape index (κ1) is 30.3. The zero-order chi connectivity index (χ0) is 30.4. The van der Waals surface area contributed by atoms with Crippen LogP contribution in [0.4, 0.5) is 22.7 Å². The molecule has 3 heterocycles. The lowest BCUT2D eigenvalue weighted by Gasteiger charge is -2.46. The summed E-state index contributed by atoms with van der Waals surface area (Å²) < 4.78 is 3.29. The maximum absolute atomic E-state index is 12.9. The molecule has 0 saturated heterocycles. The lowest BCUT2D eigenvalue weighted by atomic mass is 10.1. The highest BCUT2D eigenvalue weighted by molar-refractivity contribution is 6.06. The lowest BCUT2D eigenvalue weighted by Crippen LogP contribution is -2.50. The highest BCUT2D eigenvalue weighted by Gasteiger charge is 2.18. The second kappa shape index (κ2) is 13.3. The first-order chi connectivity index (χ1) is 20.0. The van der Waals surface area contributed by atoms with Crippen LogP contribution in [0.5, 0.6) is 0 Å². The summed E-state index contributed by atoms with van der Waals surface area (Å²) in [5.74, 6) is -0.822. The number of nitrogens with zero attached hydrogens (tertiary/aromatic N) is 6. The van der Waals surface area contributed by atoms with Gasteiger partial charge >= 0.3 is 0 Å². The van der Waals surface area contributed by atoms with Crippen LogP contribution >= 0.6 is 0 Å². The molecule has 0 bridgehead atoms. The lowest BCUT2D eigenvalue weighted by molar-refractivity contribution is -0.116. The summed E-state index contributed by atoms with van der Waals surface area (Å²) >= 11 is 0. The van der Waals surface area contributed by atoms with Crippen molar-refractivity contribution in [3.63, 3.8) is 0 Å². The Morgan fingerprint density at radius 3 is 2.26 bits per heavy atom. The maximum atomic E-state index is 12.9. The van der Waals surface area contributed by atoms with E-state index in [1.807, 2.05) is 19.0 Å². The monoisotopic (exact) mass is 577 g/mol. The van der Waals surface area contributed by atoms with Crippen LogP contribution in [0.1, 0.15) is 46.7 Å². The van der Waals surface area contributed by atoms with E-state index < -0.39 is 0 Å². The van der Waals surface area contributed by atoms with Gasteiger partial charge in [-0.15, -0.1) is 0 Å². The predicted molar refractivity (Wildman–Crippen MR) is 162 cm³/mol. The van der Waals surface area contributed by atoms with E-state index in [9.17, 15) is 24.8 Å². The minimum Gasteiger partial charge on any atom is -0.752 e. The molecule has 2 aromatic heterocycles. The van der Waals surface area contributed by atoms with Crippen molar-refractivity contribution >= 4 is 46.3 Å². The van der Waals surface area contributed by atoms with Crippen molar-refractivity contribution in [1.82, 2.24) is 19.5 Å². The summed E-state index contributed by atoms with van der Waals surface area (Å²) in [5, 5.41) is 31.2. The third-order valence-corrected chi connectivity index (χ3v) is 6.62. The number of benzene rings is 1. The number of nitrogens with one attached hydrogen (secondary N) is 3. The molecule has 14 nitrogen and oxygen atoms in total. The highest BCUT2D eigenvalue weighted by Crippen LogP contribution is 2.30. The zero-order valence-corrected chi connectivity index (χ0v) is 24.1. The van der Waals surface area contributed by atoms with E-state index in [-0.39, 0.29) is 47.9 Å². The number of hydrogen-bond acceptors (Lipinski definition) is 8. The number of hydrazine groups is 1. The van der Waals surface area contributed by atoms with Crippen molar-refractivity contribution < 1.29 is 14.4 Å². The molecule has 3 N–H and O–H groups in total. The molecule has 42 heavy (non-hydrogen) atoms. The minimum absolute atomic E-state index is 0.00757. The first-order valence-corrected chi connectivity index (χ1v) is 13.5. The number of amides is 2. The number of aliphatic imine (C=N–C) groups is 1. The molecule has 3 aromatic rings. The van der Waals surface area contributed by atoms with Gasteiger partial charge in [0.25, 0.3) is 5.91 Å². The molecule has 0 atom stereocenters. The van der Waals surface area contributed by atoms with Gasteiger partial charge in [-0.05, 0) is 57.7 Å². The molecule has 0 spiro atoms. The summed E-state index contributed by atoms with van der Waals surface area (Å²) in [7, 11) is 7.37. The normalized spacial score (nSPS) is 13.7. The zero-order valence-electron chi connectivity index (χ0n) is 24.1. The van der Waals surface area contributed by atoms with E-state index in [1.54, 1.807) is 59.9 Å². The van der Waals surface area contributed by atoms with Gasteiger partial charge in [0.15, 0.2) is 5.78 Å². The Morgan fingerprint density at radius 1 is 0.905 bits per heavy atom. The van der Waals surface area contributed by atoms with Crippen LogP contribution in [-0.4, -0.2) is 64.8 Å². The molecule has 0 saturated carbocycles. The van der Waals surface area contributed by atoms with Crippen molar-refractivity contribution in [2.75, 3.05) is 48.1 Å². The molecular formula is C28H35N9O5-2. The van der Waals surface area contributed by atoms with Crippen LogP contribution in [0.25, 0.3) is 0 Å². The fourth-order valence-corrected chi connectivity index (χ4v) is 4.51. The summed E-state index contributed by atoms with van der Waals surface area (Å²) in [6.45, 7) is 0.958. The second-order valence-corrected chi connectivity index (χ2v) is 10.3. The Morgan fingerprint density at radius 2 is 1.55 bits per heavy atom. The third-order valence-electron chi connectivity index (χ3n) is 6.62. The topological polar surface area (TPSA) is 165 Å². The van der Waals surface area contributed by atoms with E-state index in [1.165, 1.54) is 12.1 Å². The highest BCUT2D eigenvalue weighted by atomic mass is 16.6. The van der Waals surface area contributed by atoms with Crippen molar-refractivity contribution in [2.24, 2.45) is 19.1 Å². The van der Waals surface area contributed by atoms with Gasteiger partial charge in [0.05, 0.1) is 28.4 Å². The van der Waals surface area contributed by atoms with E-state index in [4.69, 9.17) is 0 Å². The molecule has 224 valence electrons. The van der Waals surface area contributed by atoms with E-state index in [2.05, 4.69) is 21.1 Å². The van der Waals surface area contributed by atoms with Gasteiger partial charge in [0, 0.05) is 45.9 Å². The number of ketones is 1. The number of Topliss-reactive ketones (excluding diaryl/α,β-unsaturated/α-hetero) is 1. The van der Waals surface area contributed by atoms with Crippen LogP contribution < -0.4 is 26.3 Å². The van der Waals surface area contributed by atoms with Crippen molar-refractivity contribution in [3.05, 3.63) is 70.6 Å². The number of aromatic nitrogens is 2. The van der Waals surface area contributed by atoms with Gasteiger partial charge < -0.3 is 45.3 Å². The van der Waals surface area contributed by atoms with Crippen molar-refractivity contribution in [3.8, 4) is 0 Å².